The van der Waals surface area contributed by atoms with E-state index < -0.39 is 0 Å². The van der Waals surface area contributed by atoms with Crippen LogP contribution in [0.3, 0.4) is 0 Å². The summed E-state index contributed by atoms with van der Waals surface area (Å²) in [5.41, 5.74) is 5.08. The van der Waals surface area contributed by atoms with Gasteiger partial charge in [0.15, 0.2) is 0 Å². The zero-order valence-electron chi connectivity index (χ0n) is 8.19. The van der Waals surface area contributed by atoms with Crippen LogP contribution in [0.2, 0.25) is 0 Å². The van der Waals surface area contributed by atoms with Gasteiger partial charge in [-0.2, -0.15) is 0 Å². The Kier molecular flexibility index (Phi) is 2.08. The van der Waals surface area contributed by atoms with Crippen molar-refractivity contribution in [1.82, 2.24) is 0 Å². The molecule has 12 heavy (non-hydrogen) atoms. The summed E-state index contributed by atoms with van der Waals surface area (Å²) in [4.78, 5) is 0. The fourth-order valence-corrected chi connectivity index (χ4v) is 2.73. The molecular formula is C12H18. The fraction of sp³-hybridized carbons (Fsp3) is 0.667. The summed E-state index contributed by atoms with van der Waals surface area (Å²) in [6.07, 6.45) is 9.32. The maximum atomic E-state index is 2.45. The zero-order valence-corrected chi connectivity index (χ0v) is 8.19. The van der Waals surface area contributed by atoms with E-state index in [1.807, 2.05) is 0 Å². The molecule has 0 bridgehead atoms. The Morgan fingerprint density at radius 2 is 2.08 bits per heavy atom. The third kappa shape index (κ3) is 1.14. The Labute approximate surface area is 75.4 Å². The molecule has 0 fully saturated rings. The second-order valence-electron chi connectivity index (χ2n) is 4.11. The number of hydrogen-bond acceptors (Lipinski definition) is 0. The summed E-state index contributed by atoms with van der Waals surface area (Å²) in [6.45, 7) is 4.61. The highest BCUT2D eigenvalue weighted by Crippen LogP contribution is 2.41. The van der Waals surface area contributed by atoms with Gasteiger partial charge in [-0.25, -0.2) is 0 Å². The molecule has 0 amide bonds. The predicted molar refractivity (Wildman–Crippen MR) is 53.0 cm³/mol. The topological polar surface area (TPSA) is 0 Å². The highest BCUT2D eigenvalue weighted by molar-refractivity contribution is 5.42. The van der Waals surface area contributed by atoms with Crippen molar-refractivity contribution in [1.29, 1.82) is 0 Å². The molecule has 0 aromatic carbocycles. The fourth-order valence-electron chi connectivity index (χ4n) is 2.73. The third-order valence-corrected chi connectivity index (χ3v) is 3.34. The van der Waals surface area contributed by atoms with E-state index in [0.29, 0.717) is 0 Å². The quantitative estimate of drug-likeness (QED) is 0.549. The molecule has 0 saturated carbocycles. The second kappa shape index (κ2) is 3.08. The molecule has 0 heteroatoms. The van der Waals surface area contributed by atoms with Gasteiger partial charge in [0.05, 0.1) is 0 Å². The van der Waals surface area contributed by atoms with Gasteiger partial charge in [0.1, 0.15) is 0 Å². The minimum atomic E-state index is 0.820. The molecule has 66 valence electrons. The summed E-state index contributed by atoms with van der Waals surface area (Å²) < 4.78 is 0. The smallest absolute Gasteiger partial charge is 0.00106 e. The van der Waals surface area contributed by atoms with Crippen LogP contribution < -0.4 is 0 Å². The van der Waals surface area contributed by atoms with Crippen molar-refractivity contribution in [2.24, 2.45) is 5.92 Å². The van der Waals surface area contributed by atoms with E-state index in [9.17, 15) is 0 Å². The molecule has 0 aromatic rings. The highest BCUT2D eigenvalue weighted by Gasteiger charge is 2.24. The molecule has 0 nitrogen and oxygen atoms in total. The lowest BCUT2D eigenvalue weighted by Crippen LogP contribution is -2.04. The molecule has 2 aliphatic rings. The van der Waals surface area contributed by atoms with Crippen molar-refractivity contribution in [3.8, 4) is 0 Å². The molecule has 0 radical (unpaired) electrons. The van der Waals surface area contributed by atoms with Crippen LogP contribution in [0.25, 0.3) is 0 Å². The van der Waals surface area contributed by atoms with Crippen LogP contribution in [-0.4, -0.2) is 0 Å². The molecule has 1 unspecified atom stereocenters. The van der Waals surface area contributed by atoms with Gasteiger partial charge in [0.2, 0.25) is 0 Å². The number of allylic oxidation sites excluding steroid dienone is 4. The van der Waals surface area contributed by atoms with Gasteiger partial charge in [0.25, 0.3) is 0 Å². The van der Waals surface area contributed by atoms with Crippen molar-refractivity contribution in [3.05, 3.63) is 22.8 Å². The first-order valence-corrected chi connectivity index (χ1v) is 5.23. The van der Waals surface area contributed by atoms with Crippen molar-refractivity contribution in [2.75, 3.05) is 0 Å². The van der Waals surface area contributed by atoms with Crippen molar-refractivity contribution in [2.45, 2.75) is 46.0 Å². The summed E-state index contributed by atoms with van der Waals surface area (Å²) >= 11 is 0. The standard InChI is InChI=1S/C12H18/c1-3-11-9(2)8-10-6-4-5-7-12(10)11/h8,11H,3-7H2,1-2H3. The van der Waals surface area contributed by atoms with Crippen molar-refractivity contribution >= 4 is 0 Å². The Balaban J connectivity index is 2.26. The average molecular weight is 162 g/mol. The molecule has 0 aromatic heterocycles. The van der Waals surface area contributed by atoms with Crippen LogP contribution in [0.15, 0.2) is 22.8 Å². The van der Waals surface area contributed by atoms with Gasteiger partial charge in [-0.3, -0.25) is 0 Å². The van der Waals surface area contributed by atoms with Gasteiger partial charge >= 0.3 is 0 Å². The molecule has 2 rings (SSSR count). The van der Waals surface area contributed by atoms with E-state index in [4.69, 9.17) is 0 Å². The Morgan fingerprint density at radius 3 is 2.83 bits per heavy atom. The zero-order chi connectivity index (χ0) is 8.55. The van der Waals surface area contributed by atoms with Crippen molar-refractivity contribution < 1.29 is 0 Å². The average Bonchev–Trinajstić information content (AvgIpc) is 2.40. The van der Waals surface area contributed by atoms with Crippen LogP contribution in [0.1, 0.15) is 46.0 Å². The number of rotatable bonds is 1. The Hall–Kier alpha value is -0.520. The summed E-state index contributed by atoms with van der Waals surface area (Å²) in [7, 11) is 0. The van der Waals surface area contributed by atoms with E-state index in [1.165, 1.54) is 32.1 Å². The first-order chi connectivity index (χ1) is 5.83. The molecule has 0 spiro atoms. The van der Waals surface area contributed by atoms with Crippen LogP contribution in [0.4, 0.5) is 0 Å². The van der Waals surface area contributed by atoms with Gasteiger partial charge in [-0.05, 0) is 44.6 Å². The minimum absolute atomic E-state index is 0.820. The summed E-state index contributed by atoms with van der Waals surface area (Å²) in [6, 6.07) is 0. The van der Waals surface area contributed by atoms with Crippen LogP contribution in [0, 0.1) is 5.92 Å². The molecule has 0 N–H and O–H groups in total. The molecule has 0 saturated heterocycles. The third-order valence-electron chi connectivity index (χ3n) is 3.34. The van der Waals surface area contributed by atoms with Gasteiger partial charge in [-0.15, -0.1) is 0 Å². The largest absolute Gasteiger partial charge is 0.0659 e. The Morgan fingerprint density at radius 1 is 1.33 bits per heavy atom. The molecule has 0 heterocycles. The van der Waals surface area contributed by atoms with Gasteiger partial charge in [-0.1, -0.05) is 24.1 Å². The normalized spacial score (nSPS) is 28.8. The second-order valence-corrected chi connectivity index (χ2v) is 4.11. The van der Waals surface area contributed by atoms with E-state index in [1.54, 1.807) is 16.7 Å². The maximum Gasteiger partial charge on any atom is 0.00106 e. The lowest BCUT2D eigenvalue weighted by Gasteiger charge is -2.19. The SMILES string of the molecule is CCC1C(C)=CC2=C1CCCC2. The minimum Gasteiger partial charge on any atom is -0.0659 e. The summed E-state index contributed by atoms with van der Waals surface area (Å²) in [5, 5.41) is 0. The lowest BCUT2D eigenvalue weighted by molar-refractivity contribution is 0.599. The maximum absolute atomic E-state index is 2.45. The van der Waals surface area contributed by atoms with Gasteiger partial charge < -0.3 is 0 Å². The van der Waals surface area contributed by atoms with E-state index in [-0.39, 0.29) is 0 Å². The lowest BCUT2D eigenvalue weighted by atomic mass is 9.86. The Bertz CT molecular complexity index is 243. The first kappa shape index (κ1) is 8.10. The van der Waals surface area contributed by atoms with Crippen LogP contribution in [-0.2, 0) is 0 Å². The molecule has 1 atom stereocenters. The van der Waals surface area contributed by atoms with Crippen LogP contribution in [0.5, 0.6) is 0 Å². The van der Waals surface area contributed by atoms with E-state index in [2.05, 4.69) is 19.9 Å². The van der Waals surface area contributed by atoms with E-state index >= 15 is 0 Å². The highest BCUT2D eigenvalue weighted by atomic mass is 14.3. The van der Waals surface area contributed by atoms with E-state index in [0.717, 1.165) is 5.92 Å². The molecular weight excluding hydrogens is 144 g/mol. The monoisotopic (exact) mass is 162 g/mol. The molecule has 0 aliphatic heterocycles. The van der Waals surface area contributed by atoms with Crippen molar-refractivity contribution in [3.63, 3.8) is 0 Å². The number of hydrogen-bond donors (Lipinski definition) is 0. The summed E-state index contributed by atoms with van der Waals surface area (Å²) in [5.74, 6) is 0.820. The molecule has 2 aliphatic carbocycles. The van der Waals surface area contributed by atoms with Gasteiger partial charge in [0, 0.05) is 5.92 Å². The van der Waals surface area contributed by atoms with Crippen LogP contribution >= 0.6 is 0 Å². The predicted octanol–water partition coefficient (Wildman–Crippen LogP) is 3.84. The first-order valence-electron chi connectivity index (χ1n) is 5.23.